The lowest BCUT2D eigenvalue weighted by Crippen LogP contribution is -2.38. The van der Waals surface area contributed by atoms with E-state index in [-0.39, 0.29) is 16.6 Å². The molecule has 0 saturated carbocycles. The van der Waals surface area contributed by atoms with Crippen LogP contribution in [0.5, 0.6) is 0 Å². The van der Waals surface area contributed by atoms with E-state index >= 15 is 0 Å². The van der Waals surface area contributed by atoms with Crippen molar-refractivity contribution < 1.29 is 0 Å². The van der Waals surface area contributed by atoms with Crippen molar-refractivity contribution in [1.82, 2.24) is 9.55 Å². The van der Waals surface area contributed by atoms with Gasteiger partial charge < -0.3 is 0 Å². The van der Waals surface area contributed by atoms with Gasteiger partial charge in [-0.2, -0.15) is 0 Å². The quantitative estimate of drug-likeness (QED) is 0.881. The van der Waals surface area contributed by atoms with E-state index in [0.717, 1.165) is 5.56 Å². The summed E-state index contributed by atoms with van der Waals surface area (Å²) in [5.74, 6) is -0.0326. The molecule has 0 aliphatic carbocycles. The molecule has 1 aromatic carbocycles. The predicted octanol–water partition coefficient (Wildman–Crippen LogP) is 2.56. The Balaban J connectivity index is 2.35. The highest BCUT2D eigenvalue weighted by molar-refractivity contribution is 6.30. The fourth-order valence-electron chi connectivity index (χ4n) is 2.15. The molecular weight excluding hydrogens is 276 g/mol. The van der Waals surface area contributed by atoms with Gasteiger partial charge in [-0.1, -0.05) is 55.8 Å². The summed E-state index contributed by atoms with van der Waals surface area (Å²) in [5, 5.41) is 0.144. The smallest absolute Gasteiger partial charge is 0.297 e. The number of aromatic amines is 1. The summed E-state index contributed by atoms with van der Waals surface area (Å²) in [6.07, 6.45) is 0.628. The highest BCUT2D eigenvalue weighted by atomic mass is 35.5. The van der Waals surface area contributed by atoms with Crippen molar-refractivity contribution in [2.45, 2.75) is 32.7 Å². The lowest BCUT2D eigenvalue weighted by Gasteiger charge is -2.11. The minimum Gasteiger partial charge on any atom is -0.297 e. The predicted molar refractivity (Wildman–Crippen MR) is 80.6 cm³/mol. The lowest BCUT2D eigenvalue weighted by atomic mass is 10.1. The number of aryl methyl sites for hydroxylation is 1. The molecule has 0 spiro atoms. The first kappa shape index (κ1) is 14.6. The highest BCUT2D eigenvalue weighted by Gasteiger charge is 2.15. The Morgan fingerprint density at radius 2 is 1.85 bits per heavy atom. The van der Waals surface area contributed by atoms with Crippen LogP contribution in [0.15, 0.2) is 39.9 Å². The second-order valence-corrected chi connectivity index (χ2v) is 5.38. The third-order valence-electron chi connectivity index (χ3n) is 3.22. The van der Waals surface area contributed by atoms with E-state index < -0.39 is 5.69 Å². The molecule has 20 heavy (non-hydrogen) atoms. The molecule has 1 heterocycles. The Labute approximate surface area is 122 Å². The first-order valence-electron chi connectivity index (χ1n) is 6.57. The van der Waals surface area contributed by atoms with Gasteiger partial charge in [-0.25, -0.2) is 4.79 Å². The Kier molecular flexibility index (Phi) is 4.45. The van der Waals surface area contributed by atoms with Gasteiger partial charge in [0.1, 0.15) is 5.15 Å². The van der Waals surface area contributed by atoms with Crippen LogP contribution in [0.3, 0.4) is 0 Å². The number of nitrogens with one attached hydrogen (secondary N) is 1. The molecule has 0 saturated heterocycles. The summed E-state index contributed by atoms with van der Waals surface area (Å²) in [5.41, 5.74) is 0.782. The third kappa shape index (κ3) is 3.02. The molecule has 4 nitrogen and oxygen atoms in total. The number of hydrogen-bond donors (Lipinski definition) is 1. The maximum atomic E-state index is 12.3. The zero-order valence-electron chi connectivity index (χ0n) is 11.5. The van der Waals surface area contributed by atoms with Crippen LogP contribution in [-0.2, 0) is 13.0 Å². The van der Waals surface area contributed by atoms with E-state index in [9.17, 15) is 9.59 Å². The van der Waals surface area contributed by atoms with E-state index in [0.29, 0.717) is 18.5 Å². The van der Waals surface area contributed by atoms with Gasteiger partial charge in [-0.3, -0.25) is 14.3 Å². The molecule has 2 aromatic rings. The molecule has 2 rings (SSSR count). The van der Waals surface area contributed by atoms with Crippen molar-refractivity contribution in [3.05, 3.63) is 67.4 Å². The SMILES string of the molecule is CC(C)c1c(Cl)[nH]c(=O)n(CCc2ccccc2)c1=O. The second-order valence-electron chi connectivity index (χ2n) is 5.00. The Morgan fingerprint density at radius 1 is 1.20 bits per heavy atom. The fraction of sp³-hybridized carbons (Fsp3) is 0.333. The normalized spacial score (nSPS) is 11.0. The number of halogens is 1. The number of nitrogens with zero attached hydrogens (tertiary/aromatic N) is 1. The first-order valence-corrected chi connectivity index (χ1v) is 6.95. The molecule has 0 aliphatic heterocycles. The van der Waals surface area contributed by atoms with Crippen LogP contribution in [0.1, 0.15) is 30.9 Å². The van der Waals surface area contributed by atoms with Gasteiger partial charge in [0.05, 0.1) is 5.56 Å². The topological polar surface area (TPSA) is 54.9 Å². The van der Waals surface area contributed by atoms with Gasteiger partial charge in [0.25, 0.3) is 5.56 Å². The summed E-state index contributed by atoms with van der Waals surface area (Å²) in [6, 6.07) is 9.74. The maximum absolute atomic E-state index is 12.3. The van der Waals surface area contributed by atoms with Gasteiger partial charge in [-0.05, 0) is 17.9 Å². The van der Waals surface area contributed by atoms with Gasteiger partial charge in [-0.15, -0.1) is 0 Å². The summed E-state index contributed by atoms with van der Waals surface area (Å²) in [4.78, 5) is 26.8. The zero-order chi connectivity index (χ0) is 14.7. The average molecular weight is 293 g/mol. The van der Waals surface area contributed by atoms with Crippen molar-refractivity contribution >= 4 is 11.6 Å². The van der Waals surface area contributed by atoms with Crippen LogP contribution < -0.4 is 11.2 Å². The first-order chi connectivity index (χ1) is 9.50. The van der Waals surface area contributed by atoms with Gasteiger partial charge >= 0.3 is 5.69 Å². The Hall–Kier alpha value is -1.81. The maximum Gasteiger partial charge on any atom is 0.329 e. The van der Waals surface area contributed by atoms with E-state index in [2.05, 4.69) is 4.98 Å². The molecule has 0 fully saturated rings. The van der Waals surface area contributed by atoms with Gasteiger partial charge in [0.15, 0.2) is 0 Å². The van der Waals surface area contributed by atoms with Crippen LogP contribution in [0.25, 0.3) is 0 Å². The summed E-state index contributed by atoms with van der Waals surface area (Å²) >= 11 is 5.95. The van der Waals surface area contributed by atoms with Gasteiger partial charge in [0.2, 0.25) is 0 Å². The van der Waals surface area contributed by atoms with E-state index in [1.54, 1.807) is 0 Å². The molecule has 1 N–H and O–H groups in total. The second kappa shape index (κ2) is 6.09. The van der Waals surface area contributed by atoms with Crippen LogP contribution in [0, 0.1) is 0 Å². The number of rotatable bonds is 4. The third-order valence-corrected chi connectivity index (χ3v) is 3.52. The molecule has 0 atom stereocenters. The largest absolute Gasteiger partial charge is 0.329 e. The lowest BCUT2D eigenvalue weighted by molar-refractivity contribution is 0.611. The van der Waals surface area contributed by atoms with Crippen molar-refractivity contribution in [2.75, 3.05) is 0 Å². The summed E-state index contributed by atoms with van der Waals surface area (Å²) < 4.78 is 1.22. The van der Waals surface area contributed by atoms with Crippen LogP contribution in [0.4, 0.5) is 0 Å². The molecule has 5 heteroatoms. The molecule has 0 bridgehead atoms. The highest BCUT2D eigenvalue weighted by Crippen LogP contribution is 2.16. The number of hydrogen-bond acceptors (Lipinski definition) is 2. The molecule has 0 unspecified atom stereocenters. The minimum atomic E-state index is -0.458. The number of benzene rings is 1. The molecule has 1 aromatic heterocycles. The molecule has 0 aliphatic rings. The van der Waals surface area contributed by atoms with E-state index in [1.165, 1.54) is 4.57 Å². The Morgan fingerprint density at radius 3 is 2.45 bits per heavy atom. The van der Waals surface area contributed by atoms with Crippen LogP contribution >= 0.6 is 11.6 Å². The standard InChI is InChI=1S/C15H17ClN2O2/c1-10(2)12-13(16)17-15(20)18(14(12)19)9-8-11-6-4-3-5-7-11/h3-7,10H,8-9H2,1-2H3,(H,17,20). The van der Waals surface area contributed by atoms with Crippen molar-refractivity contribution in [3.63, 3.8) is 0 Å². The van der Waals surface area contributed by atoms with Crippen molar-refractivity contribution in [3.8, 4) is 0 Å². The Bertz CT molecular complexity index is 702. The van der Waals surface area contributed by atoms with E-state index in [4.69, 9.17) is 11.6 Å². The van der Waals surface area contributed by atoms with Crippen LogP contribution in [-0.4, -0.2) is 9.55 Å². The average Bonchev–Trinajstić information content (AvgIpc) is 2.38. The molecule has 0 amide bonds. The zero-order valence-corrected chi connectivity index (χ0v) is 12.3. The summed E-state index contributed by atoms with van der Waals surface area (Å²) in [6.45, 7) is 4.10. The molecule has 106 valence electrons. The van der Waals surface area contributed by atoms with Gasteiger partial charge in [0, 0.05) is 6.54 Å². The summed E-state index contributed by atoms with van der Waals surface area (Å²) in [7, 11) is 0. The van der Waals surface area contributed by atoms with Crippen LogP contribution in [0.2, 0.25) is 5.15 Å². The fourth-order valence-corrected chi connectivity index (χ4v) is 2.53. The van der Waals surface area contributed by atoms with Crippen molar-refractivity contribution in [1.29, 1.82) is 0 Å². The van der Waals surface area contributed by atoms with E-state index in [1.807, 2.05) is 44.2 Å². The number of aromatic nitrogens is 2. The molecule has 0 radical (unpaired) electrons. The van der Waals surface area contributed by atoms with Crippen molar-refractivity contribution in [2.24, 2.45) is 0 Å². The number of H-pyrrole nitrogens is 1. The monoisotopic (exact) mass is 292 g/mol. The minimum absolute atomic E-state index is 0.0326. The molecular formula is C15H17ClN2O2.